The second-order valence-electron chi connectivity index (χ2n) is 4.53. The monoisotopic (exact) mass is 241 g/mol. The molecule has 0 spiro atoms. The minimum absolute atomic E-state index is 0.641. The van der Waals surface area contributed by atoms with Gasteiger partial charge in [0.25, 0.3) is 0 Å². The van der Waals surface area contributed by atoms with E-state index >= 15 is 0 Å². The minimum atomic E-state index is 0.641. The lowest BCUT2D eigenvalue weighted by atomic mass is 10.3. The van der Waals surface area contributed by atoms with E-state index in [-0.39, 0.29) is 0 Å². The highest BCUT2D eigenvalue weighted by Gasteiger charge is 2.12. The van der Waals surface area contributed by atoms with Gasteiger partial charge in [-0.25, -0.2) is 9.97 Å². The highest BCUT2D eigenvalue weighted by molar-refractivity contribution is 5.54. The average Bonchev–Trinajstić information content (AvgIpc) is 2.74. The molecule has 0 saturated heterocycles. The van der Waals surface area contributed by atoms with Crippen LogP contribution in [0.2, 0.25) is 0 Å². The molecule has 5 nitrogen and oxygen atoms in total. The number of nitrogens with one attached hydrogen (secondary N) is 2. The van der Waals surface area contributed by atoms with Crippen LogP contribution in [-0.4, -0.2) is 15.0 Å². The Labute approximate surface area is 106 Å². The summed E-state index contributed by atoms with van der Waals surface area (Å²) in [6.45, 7) is 5.64. The molecule has 0 radical (unpaired) electrons. The van der Waals surface area contributed by atoms with Crippen molar-refractivity contribution in [1.29, 1.82) is 0 Å². The van der Waals surface area contributed by atoms with E-state index in [1.807, 2.05) is 32.2 Å². The van der Waals surface area contributed by atoms with Gasteiger partial charge in [0.05, 0.1) is 5.69 Å². The van der Waals surface area contributed by atoms with Gasteiger partial charge in [-0.3, -0.25) is 4.98 Å². The van der Waals surface area contributed by atoms with Crippen LogP contribution in [0.15, 0.2) is 18.3 Å². The molecule has 2 aromatic rings. The largest absolute Gasteiger partial charge is 0.324 e. The third-order valence-corrected chi connectivity index (χ3v) is 2.90. The molecule has 92 valence electrons. The molecule has 5 heteroatoms. The van der Waals surface area contributed by atoms with Crippen molar-refractivity contribution in [3.8, 4) is 0 Å². The molecule has 0 saturated carbocycles. The molecule has 3 heterocycles. The Morgan fingerprint density at radius 2 is 1.89 bits per heavy atom. The van der Waals surface area contributed by atoms with E-state index in [1.165, 1.54) is 5.56 Å². The summed E-state index contributed by atoms with van der Waals surface area (Å²) in [5.74, 6) is 0.641. The Bertz CT molecular complexity index is 574. The molecule has 0 unspecified atom stereocenters. The summed E-state index contributed by atoms with van der Waals surface area (Å²) in [5.41, 5.74) is 5.21. The topological polar surface area (TPSA) is 62.7 Å². The van der Waals surface area contributed by atoms with Gasteiger partial charge in [0.1, 0.15) is 0 Å². The summed E-state index contributed by atoms with van der Waals surface area (Å²) in [6, 6.07) is 3.98. The van der Waals surface area contributed by atoms with Gasteiger partial charge in [-0.05, 0) is 26.0 Å². The van der Waals surface area contributed by atoms with Crippen LogP contribution in [0.5, 0.6) is 0 Å². The normalized spacial score (nSPS) is 13.4. The maximum atomic E-state index is 4.50. The van der Waals surface area contributed by atoms with Crippen molar-refractivity contribution in [3.63, 3.8) is 0 Å². The van der Waals surface area contributed by atoms with E-state index in [4.69, 9.17) is 0 Å². The number of anilines is 2. The van der Waals surface area contributed by atoms with Crippen molar-refractivity contribution in [2.24, 2.45) is 0 Å². The number of hydrogen-bond acceptors (Lipinski definition) is 5. The van der Waals surface area contributed by atoms with Crippen LogP contribution in [0.25, 0.3) is 0 Å². The van der Waals surface area contributed by atoms with Crippen molar-refractivity contribution in [3.05, 3.63) is 41.0 Å². The third kappa shape index (κ3) is 2.17. The maximum absolute atomic E-state index is 4.50. The van der Waals surface area contributed by atoms with Crippen molar-refractivity contribution in [1.82, 2.24) is 20.3 Å². The molecule has 3 rings (SSSR count). The van der Waals surface area contributed by atoms with Crippen molar-refractivity contribution >= 4 is 11.6 Å². The van der Waals surface area contributed by atoms with Crippen LogP contribution >= 0.6 is 0 Å². The number of rotatable bonds is 2. The number of aromatic nitrogens is 3. The first-order valence-corrected chi connectivity index (χ1v) is 5.98. The molecule has 2 aromatic heterocycles. The van der Waals surface area contributed by atoms with Gasteiger partial charge < -0.3 is 10.6 Å². The first kappa shape index (κ1) is 11.1. The first-order chi connectivity index (χ1) is 8.70. The van der Waals surface area contributed by atoms with Gasteiger partial charge in [-0.2, -0.15) is 0 Å². The lowest BCUT2D eigenvalue weighted by Crippen LogP contribution is -2.02. The fraction of sp³-hybridized carbons (Fsp3) is 0.308. The lowest BCUT2D eigenvalue weighted by Gasteiger charge is -2.07. The highest BCUT2D eigenvalue weighted by Crippen LogP contribution is 2.18. The van der Waals surface area contributed by atoms with E-state index in [1.54, 1.807) is 0 Å². The van der Waals surface area contributed by atoms with E-state index in [9.17, 15) is 0 Å². The summed E-state index contributed by atoms with van der Waals surface area (Å²) in [4.78, 5) is 13.2. The van der Waals surface area contributed by atoms with Crippen molar-refractivity contribution < 1.29 is 0 Å². The molecule has 0 amide bonds. The van der Waals surface area contributed by atoms with Crippen LogP contribution in [0.1, 0.15) is 22.6 Å². The minimum Gasteiger partial charge on any atom is -0.324 e. The predicted octanol–water partition coefficient (Wildman–Crippen LogP) is 1.84. The maximum Gasteiger partial charge on any atom is 0.227 e. The number of nitrogens with zero attached hydrogens (tertiary/aromatic N) is 3. The number of pyridine rings is 1. The van der Waals surface area contributed by atoms with E-state index < -0.39 is 0 Å². The molecule has 1 aliphatic rings. The van der Waals surface area contributed by atoms with Crippen LogP contribution in [-0.2, 0) is 13.1 Å². The zero-order chi connectivity index (χ0) is 12.5. The van der Waals surface area contributed by atoms with Gasteiger partial charge in [-0.15, -0.1) is 0 Å². The zero-order valence-electron chi connectivity index (χ0n) is 10.5. The zero-order valence-corrected chi connectivity index (χ0v) is 10.5. The van der Waals surface area contributed by atoms with Crippen LogP contribution in [0.3, 0.4) is 0 Å². The Morgan fingerprint density at radius 1 is 1.11 bits per heavy atom. The summed E-state index contributed by atoms with van der Waals surface area (Å²) < 4.78 is 0. The van der Waals surface area contributed by atoms with Crippen LogP contribution in [0, 0.1) is 13.8 Å². The molecule has 1 aliphatic heterocycles. The van der Waals surface area contributed by atoms with Gasteiger partial charge in [0.15, 0.2) is 0 Å². The molecular weight excluding hydrogens is 226 g/mol. The Kier molecular flexibility index (Phi) is 2.68. The van der Waals surface area contributed by atoms with Gasteiger partial charge >= 0.3 is 0 Å². The molecule has 0 aromatic carbocycles. The molecule has 0 aliphatic carbocycles. The SMILES string of the molecule is Cc1cc(Nc2ncc3c(n2)CNC3)cc(C)n1. The average molecular weight is 241 g/mol. The fourth-order valence-electron chi connectivity index (χ4n) is 2.15. The molecule has 2 N–H and O–H groups in total. The van der Waals surface area contributed by atoms with E-state index in [2.05, 4.69) is 25.6 Å². The molecule has 18 heavy (non-hydrogen) atoms. The molecule has 0 atom stereocenters. The number of hydrogen-bond donors (Lipinski definition) is 2. The fourth-order valence-corrected chi connectivity index (χ4v) is 2.15. The predicted molar refractivity (Wildman–Crippen MR) is 69.6 cm³/mol. The quantitative estimate of drug-likeness (QED) is 0.840. The first-order valence-electron chi connectivity index (χ1n) is 5.98. The van der Waals surface area contributed by atoms with E-state index in [0.29, 0.717) is 5.95 Å². The standard InChI is InChI=1S/C13H15N5/c1-8-3-11(4-9(2)16-8)17-13-15-6-10-5-14-7-12(10)18-13/h3-4,6,14H,5,7H2,1-2H3,(H,15,16,17,18). The molecular formula is C13H15N5. The summed E-state index contributed by atoms with van der Waals surface area (Å²) in [5, 5.41) is 6.48. The van der Waals surface area contributed by atoms with Crippen LogP contribution in [0.4, 0.5) is 11.6 Å². The Hall–Kier alpha value is -2.01. The number of aryl methyl sites for hydroxylation is 2. The number of fused-ring (bicyclic) bond motifs is 1. The molecule has 0 fully saturated rings. The molecule has 0 bridgehead atoms. The highest BCUT2D eigenvalue weighted by atomic mass is 15.1. The Balaban J connectivity index is 1.88. The van der Waals surface area contributed by atoms with Gasteiger partial charge in [-0.1, -0.05) is 0 Å². The summed E-state index contributed by atoms with van der Waals surface area (Å²) in [7, 11) is 0. The second kappa shape index (κ2) is 4.34. The smallest absolute Gasteiger partial charge is 0.227 e. The van der Waals surface area contributed by atoms with Crippen molar-refractivity contribution in [2.75, 3.05) is 5.32 Å². The van der Waals surface area contributed by atoms with Gasteiger partial charge in [0.2, 0.25) is 5.95 Å². The van der Waals surface area contributed by atoms with E-state index in [0.717, 1.165) is 35.9 Å². The van der Waals surface area contributed by atoms with Crippen LogP contribution < -0.4 is 10.6 Å². The third-order valence-electron chi connectivity index (χ3n) is 2.90. The summed E-state index contributed by atoms with van der Waals surface area (Å²) in [6.07, 6.45) is 1.88. The summed E-state index contributed by atoms with van der Waals surface area (Å²) >= 11 is 0. The second-order valence-corrected chi connectivity index (χ2v) is 4.53. The van der Waals surface area contributed by atoms with Crippen molar-refractivity contribution in [2.45, 2.75) is 26.9 Å². The Morgan fingerprint density at radius 3 is 2.67 bits per heavy atom. The van der Waals surface area contributed by atoms with Gasteiger partial charge in [0, 0.05) is 41.9 Å². The lowest BCUT2D eigenvalue weighted by molar-refractivity contribution is 0.758.